The number of methoxy groups -OCH3 is 1. The number of benzene rings is 2. The summed E-state index contributed by atoms with van der Waals surface area (Å²) in [5.74, 6) is 0.658. The van der Waals surface area contributed by atoms with E-state index in [1.807, 2.05) is 0 Å². The maximum atomic E-state index is 12.2. The van der Waals surface area contributed by atoms with Crippen molar-refractivity contribution in [3.05, 3.63) is 92.0 Å². The van der Waals surface area contributed by atoms with Gasteiger partial charge in [-0.2, -0.15) is 0 Å². The number of ether oxygens (including phenoxy) is 3. The molecule has 0 fully saturated rings. The molecule has 0 saturated heterocycles. The number of nitrogens with zero attached hydrogens (tertiary/aromatic N) is 2. The molecule has 1 aliphatic rings. The van der Waals surface area contributed by atoms with Gasteiger partial charge in [0.15, 0.2) is 23.0 Å². The number of nitro benzene ring substituents is 1. The SMILES string of the molecule is COc1cc(/C=C2\N=C(c3ccco3)OC2=O)cc(Br)c1OCc1cccc([N+](=O)[O-])c1. The number of carbonyl (C=O) groups is 1. The van der Waals surface area contributed by atoms with Crippen molar-refractivity contribution in [3.8, 4) is 11.5 Å². The molecule has 1 aliphatic heterocycles. The highest BCUT2D eigenvalue weighted by molar-refractivity contribution is 9.10. The lowest BCUT2D eigenvalue weighted by molar-refractivity contribution is -0.384. The van der Waals surface area contributed by atoms with Crippen molar-refractivity contribution < 1.29 is 28.3 Å². The number of halogens is 1. The van der Waals surface area contributed by atoms with Crippen LogP contribution in [0.3, 0.4) is 0 Å². The van der Waals surface area contributed by atoms with Gasteiger partial charge in [0.2, 0.25) is 0 Å². The van der Waals surface area contributed by atoms with E-state index in [0.717, 1.165) is 0 Å². The highest BCUT2D eigenvalue weighted by Crippen LogP contribution is 2.38. The van der Waals surface area contributed by atoms with Crippen LogP contribution in [0.4, 0.5) is 5.69 Å². The van der Waals surface area contributed by atoms with E-state index in [1.165, 1.54) is 25.5 Å². The molecule has 0 amide bonds. The van der Waals surface area contributed by atoms with Crippen molar-refractivity contribution in [2.75, 3.05) is 7.11 Å². The first-order valence-electron chi connectivity index (χ1n) is 9.24. The van der Waals surface area contributed by atoms with Gasteiger partial charge in [-0.15, -0.1) is 0 Å². The van der Waals surface area contributed by atoms with Crippen LogP contribution >= 0.6 is 15.9 Å². The number of nitro groups is 1. The molecule has 0 aliphatic carbocycles. The van der Waals surface area contributed by atoms with Gasteiger partial charge in [0.05, 0.1) is 22.8 Å². The molecule has 0 atom stereocenters. The van der Waals surface area contributed by atoms with Crippen LogP contribution in [0.1, 0.15) is 16.9 Å². The third-order valence-corrected chi connectivity index (χ3v) is 5.00. The van der Waals surface area contributed by atoms with Gasteiger partial charge in [-0.1, -0.05) is 12.1 Å². The Morgan fingerprint density at radius 3 is 2.78 bits per heavy atom. The topological polar surface area (TPSA) is 113 Å². The molecule has 9 nitrogen and oxygen atoms in total. The minimum Gasteiger partial charge on any atom is -0.493 e. The Kier molecular flexibility index (Phi) is 6.04. The summed E-state index contributed by atoms with van der Waals surface area (Å²) >= 11 is 3.45. The molecule has 0 spiro atoms. The molecule has 0 bridgehead atoms. The number of cyclic esters (lactones) is 1. The number of esters is 1. The fourth-order valence-corrected chi connectivity index (χ4v) is 3.53. The van der Waals surface area contributed by atoms with Crippen molar-refractivity contribution in [2.45, 2.75) is 6.61 Å². The minimum atomic E-state index is -0.600. The highest BCUT2D eigenvalue weighted by Gasteiger charge is 2.26. The zero-order chi connectivity index (χ0) is 22.7. The highest BCUT2D eigenvalue weighted by atomic mass is 79.9. The van der Waals surface area contributed by atoms with Gasteiger partial charge in [0.25, 0.3) is 11.6 Å². The van der Waals surface area contributed by atoms with Crippen molar-refractivity contribution in [1.82, 2.24) is 0 Å². The van der Waals surface area contributed by atoms with E-state index in [0.29, 0.717) is 32.9 Å². The number of hydrogen-bond donors (Lipinski definition) is 0. The lowest BCUT2D eigenvalue weighted by atomic mass is 10.1. The second-order valence-electron chi connectivity index (χ2n) is 6.56. The van der Waals surface area contributed by atoms with Gasteiger partial charge in [0.1, 0.15) is 6.61 Å². The predicted octanol–water partition coefficient (Wildman–Crippen LogP) is 4.88. The monoisotopic (exact) mass is 498 g/mol. The van der Waals surface area contributed by atoms with Gasteiger partial charge in [-0.25, -0.2) is 9.79 Å². The molecule has 0 radical (unpaired) electrons. The van der Waals surface area contributed by atoms with Crippen LogP contribution in [0, 0.1) is 10.1 Å². The molecule has 32 heavy (non-hydrogen) atoms. The van der Waals surface area contributed by atoms with Crippen LogP contribution in [-0.2, 0) is 16.1 Å². The molecule has 4 rings (SSSR count). The number of aliphatic imine (C=N–C) groups is 1. The average Bonchev–Trinajstić information content (AvgIpc) is 3.43. The van der Waals surface area contributed by atoms with Gasteiger partial charge in [0, 0.05) is 12.1 Å². The maximum Gasteiger partial charge on any atom is 0.363 e. The van der Waals surface area contributed by atoms with Crippen LogP contribution in [0.5, 0.6) is 11.5 Å². The van der Waals surface area contributed by atoms with Crippen LogP contribution in [0.2, 0.25) is 0 Å². The van der Waals surface area contributed by atoms with E-state index in [-0.39, 0.29) is 23.9 Å². The first-order valence-corrected chi connectivity index (χ1v) is 10.0. The fourth-order valence-electron chi connectivity index (χ4n) is 2.95. The van der Waals surface area contributed by atoms with E-state index in [2.05, 4.69) is 20.9 Å². The van der Waals surface area contributed by atoms with Gasteiger partial charge >= 0.3 is 5.97 Å². The molecule has 0 N–H and O–H groups in total. The van der Waals surface area contributed by atoms with Crippen LogP contribution < -0.4 is 9.47 Å². The zero-order valence-electron chi connectivity index (χ0n) is 16.6. The molecule has 0 saturated carbocycles. The second kappa shape index (κ2) is 9.06. The Morgan fingerprint density at radius 2 is 2.06 bits per heavy atom. The third kappa shape index (κ3) is 4.54. The van der Waals surface area contributed by atoms with Crippen molar-refractivity contribution in [3.63, 3.8) is 0 Å². The van der Waals surface area contributed by atoms with Crippen molar-refractivity contribution in [1.29, 1.82) is 0 Å². The first kappa shape index (κ1) is 21.3. The Morgan fingerprint density at radius 1 is 1.22 bits per heavy atom. The van der Waals surface area contributed by atoms with E-state index in [4.69, 9.17) is 18.6 Å². The summed E-state index contributed by atoms with van der Waals surface area (Å²) in [5.41, 5.74) is 1.34. The quantitative estimate of drug-likeness (QED) is 0.197. The predicted molar refractivity (Wildman–Crippen MR) is 117 cm³/mol. The van der Waals surface area contributed by atoms with Crippen LogP contribution in [0.25, 0.3) is 6.08 Å². The molecule has 3 aromatic rings. The molecular weight excluding hydrogens is 484 g/mol. The number of carbonyl (C=O) groups excluding carboxylic acids is 1. The molecule has 162 valence electrons. The summed E-state index contributed by atoms with van der Waals surface area (Å²) in [6, 6.07) is 12.9. The summed E-state index contributed by atoms with van der Waals surface area (Å²) < 4.78 is 22.2. The van der Waals surface area contributed by atoms with E-state index >= 15 is 0 Å². The molecule has 1 aromatic heterocycles. The third-order valence-electron chi connectivity index (χ3n) is 4.41. The average molecular weight is 499 g/mol. The minimum absolute atomic E-state index is 0.0166. The summed E-state index contributed by atoms with van der Waals surface area (Å²) in [5, 5.41) is 11.0. The number of furan rings is 1. The summed E-state index contributed by atoms with van der Waals surface area (Å²) in [7, 11) is 1.48. The summed E-state index contributed by atoms with van der Waals surface area (Å²) in [6.45, 7) is 0.0974. The first-order chi connectivity index (χ1) is 15.4. The molecule has 10 heteroatoms. The maximum absolute atomic E-state index is 12.2. The summed E-state index contributed by atoms with van der Waals surface area (Å²) in [6.07, 6.45) is 3.01. The Bertz CT molecular complexity index is 1250. The fraction of sp³-hybridized carbons (Fsp3) is 0.0909. The molecular formula is C22H15BrN2O7. The van der Waals surface area contributed by atoms with E-state index in [1.54, 1.807) is 42.5 Å². The second-order valence-corrected chi connectivity index (χ2v) is 7.42. The molecule has 0 unspecified atom stereocenters. The zero-order valence-corrected chi connectivity index (χ0v) is 18.2. The van der Waals surface area contributed by atoms with Gasteiger partial charge < -0.3 is 18.6 Å². The van der Waals surface area contributed by atoms with Crippen molar-refractivity contribution >= 4 is 39.6 Å². The smallest absolute Gasteiger partial charge is 0.363 e. The standard InChI is InChI=1S/C22H15BrN2O7/c1-29-19-11-14(10-17-22(26)32-21(24-17)18-6-3-7-30-18)9-16(23)20(19)31-12-13-4-2-5-15(8-13)25(27)28/h2-11H,12H2,1H3/b17-10-. The Hall–Kier alpha value is -3.92. The molecule has 2 heterocycles. The lowest BCUT2D eigenvalue weighted by Crippen LogP contribution is -2.04. The number of non-ortho nitro benzene ring substituents is 1. The normalized spacial score (nSPS) is 14.2. The van der Waals surface area contributed by atoms with Crippen molar-refractivity contribution in [2.24, 2.45) is 4.99 Å². The van der Waals surface area contributed by atoms with Crippen LogP contribution in [0.15, 0.2) is 74.4 Å². The Labute approximate surface area is 190 Å². The van der Waals surface area contributed by atoms with Gasteiger partial charge in [-0.3, -0.25) is 10.1 Å². The lowest BCUT2D eigenvalue weighted by Gasteiger charge is -2.13. The van der Waals surface area contributed by atoms with Gasteiger partial charge in [-0.05, 0) is 57.4 Å². The number of hydrogen-bond acceptors (Lipinski definition) is 8. The summed E-state index contributed by atoms with van der Waals surface area (Å²) in [4.78, 5) is 26.8. The van der Waals surface area contributed by atoms with E-state index in [9.17, 15) is 14.9 Å². The Balaban J connectivity index is 1.57. The van der Waals surface area contributed by atoms with E-state index < -0.39 is 10.9 Å². The molecule has 2 aromatic carbocycles. The number of rotatable bonds is 7. The largest absolute Gasteiger partial charge is 0.493 e. The van der Waals surface area contributed by atoms with Crippen LogP contribution in [-0.4, -0.2) is 23.9 Å².